The Bertz CT molecular complexity index is 1010. The van der Waals surface area contributed by atoms with E-state index < -0.39 is 11.4 Å². The summed E-state index contributed by atoms with van der Waals surface area (Å²) in [4.78, 5) is 26.6. The first-order chi connectivity index (χ1) is 13.3. The number of fused-ring (bicyclic) bond motifs is 1. The Morgan fingerprint density at radius 3 is 2.57 bits per heavy atom. The van der Waals surface area contributed by atoms with E-state index in [4.69, 9.17) is 10.5 Å². The van der Waals surface area contributed by atoms with E-state index in [9.17, 15) is 14.7 Å². The van der Waals surface area contributed by atoms with Gasteiger partial charge in [-0.15, -0.1) is 0 Å². The van der Waals surface area contributed by atoms with Gasteiger partial charge in [0.15, 0.2) is 5.75 Å². The molecule has 1 saturated heterocycles. The number of aromatic carboxylic acids is 1. The van der Waals surface area contributed by atoms with Crippen molar-refractivity contribution in [2.75, 3.05) is 12.0 Å². The molecule has 4 rings (SSSR count). The maximum Gasteiger partial charge on any atom is 0.341 e. The quantitative estimate of drug-likeness (QED) is 0.839. The summed E-state index contributed by atoms with van der Waals surface area (Å²) in [5, 5.41) is 9.84. The maximum atomic E-state index is 12.8. The van der Waals surface area contributed by atoms with Gasteiger partial charge in [0.2, 0.25) is 5.43 Å². The lowest BCUT2D eigenvalue weighted by molar-refractivity contribution is 0.0695. The largest absolute Gasteiger partial charge is 0.492 e. The SMILES string of the molecule is COc1c(N2C(N)CCCC2(C)C)ccc2c(=O)c(C(=O)O)cn(C3CC3)c12. The first kappa shape index (κ1) is 18.8. The molecule has 0 radical (unpaired) electrons. The molecule has 2 heterocycles. The Labute approximate surface area is 163 Å². The highest BCUT2D eigenvalue weighted by molar-refractivity contribution is 5.97. The summed E-state index contributed by atoms with van der Waals surface area (Å²) in [6.45, 7) is 4.33. The van der Waals surface area contributed by atoms with Gasteiger partial charge in [0.25, 0.3) is 0 Å². The number of nitrogens with two attached hydrogens (primary N) is 1. The lowest BCUT2D eigenvalue weighted by atomic mass is 9.88. The van der Waals surface area contributed by atoms with Crippen LogP contribution in [0.2, 0.25) is 0 Å². The molecule has 1 saturated carbocycles. The van der Waals surface area contributed by atoms with E-state index in [1.165, 1.54) is 6.20 Å². The molecule has 2 aromatic rings. The highest BCUT2D eigenvalue weighted by Crippen LogP contribution is 2.45. The zero-order valence-electron chi connectivity index (χ0n) is 16.6. The highest BCUT2D eigenvalue weighted by atomic mass is 16.5. The number of rotatable bonds is 4. The van der Waals surface area contributed by atoms with Gasteiger partial charge >= 0.3 is 5.97 Å². The van der Waals surface area contributed by atoms with Gasteiger partial charge in [0.1, 0.15) is 5.56 Å². The van der Waals surface area contributed by atoms with Crippen LogP contribution in [0.25, 0.3) is 10.9 Å². The van der Waals surface area contributed by atoms with Crippen molar-refractivity contribution in [1.29, 1.82) is 0 Å². The molecule has 28 heavy (non-hydrogen) atoms. The van der Waals surface area contributed by atoms with Crippen LogP contribution in [0.4, 0.5) is 5.69 Å². The van der Waals surface area contributed by atoms with Gasteiger partial charge in [-0.05, 0) is 58.1 Å². The number of anilines is 1. The van der Waals surface area contributed by atoms with Crippen LogP contribution < -0.4 is 20.8 Å². The molecular formula is C21H27N3O4. The van der Waals surface area contributed by atoms with Crippen LogP contribution in [0.15, 0.2) is 23.1 Å². The van der Waals surface area contributed by atoms with Crippen LogP contribution in [0.5, 0.6) is 5.75 Å². The van der Waals surface area contributed by atoms with E-state index in [1.54, 1.807) is 13.2 Å². The summed E-state index contributed by atoms with van der Waals surface area (Å²) in [6, 6.07) is 3.75. The maximum absolute atomic E-state index is 12.8. The van der Waals surface area contributed by atoms with Crippen molar-refractivity contribution >= 4 is 22.6 Å². The lowest BCUT2D eigenvalue weighted by Gasteiger charge is -2.48. The minimum atomic E-state index is -1.21. The molecule has 1 aliphatic heterocycles. The number of pyridine rings is 1. The number of methoxy groups -OCH3 is 1. The minimum absolute atomic E-state index is 0.144. The van der Waals surface area contributed by atoms with Crippen LogP contribution in [0.1, 0.15) is 62.4 Å². The van der Waals surface area contributed by atoms with Crippen molar-refractivity contribution < 1.29 is 14.6 Å². The number of carboxylic acid groups (broad SMARTS) is 1. The highest BCUT2D eigenvalue weighted by Gasteiger charge is 2.37. The molecule has 7 heteroatoms. The second-order valence-corrected chi connectivity index (χ2v) is 8.47. The van der Waals surface area contributed by atoms with Gasteiger partial charge in [-0.1, -0.05) is 0 Å². The molecule has 0 amide bonds. The molecule has 150 valence electrons. The van der Waals surface area contributed by atoms with Gasteiger partial charge in [-0.2, -0.15) is 0 Å². The predicted molar refractivity (Wildman–Crippen MR) is 108 cm³/mol. The Hall–Kier alpha value is -2.54. The number of ether oxygens (including phenoxy) is 1. The van der Waals surface area contributed by atoms with Crippen molar-refractivity contribution in [3.05, 3.63) is 34.1 Å². The third-order valence-corrected chi connectivity index (χ3v) is 6.03. The summed E-state index contributed by atoms with van der Waals surface area (Å²) in [6.07, 6.45) is 6.20. The number of piperidine rings is 1. The number of aromatic nitrogens is 1. The third kappa shape index (κ3) is 2.85. The number of benzene rings is 1. The standard InChI is InChI=1S/C21H27N3O4/c1-21(2)10-4-5-16(22)24(21)15-9-8-13-17(19(15)28-3)23(12-6-7-12)11-14(18(13)25)20(26)27/h8-9,11-12,16H,4-7,10,22H2,1-3H3,(H,26,27). The lowest BCUT2D eigenvalue weighted by Crippen LogP contribution is -2.57. The average molecular weight is 385 g/mol. The van der Waals surface area contributed by atoms with Crippen molar-refractivity contribution in [3.63, 3.8) is 0 Å². The predicted octanol–water partition coefficient (Wildman–Crippen LogP) is 3.10. The van der Waals surface area contributed by atoms with Gasteiger partial charge in [-0.3, -0.25) is 4.79 Å². The monoisotopic (exact) mass is 385 g/mol. The molecule has 3 N–H and O–H groups in total. The minimum Gasteiger partial charge on any atom is -0.492 e. The molecule has 1 aromatic heterocycles. The second kappa shape index (κ2) is 6.51. The van der Waals surface area contributed by atoms with Crippen LogP contribution >= 0.6 is 0 Å². The Morgan fingerprint density at radius 2 is 2.00 bits per heavy atom. The van der Waals surface area contributed by atoms with Crippen molar-refractivity contribution in [1.82, 2.24) is 4.57 Å². The molecule has 1 unspecified atom stereocenters. The Balaban J connectivity index is 2.03. The fraction of sp³-hybridized carbons (Fsp3) is 0.524. The molecule has 7 nitrogen and oxygen atoms in total. The number of nitrogens with zero attached hydrogens (tertiary/aromatic N) is 2. The summed E-state index contributed by atoms with van der Waals surface area (Å²) >= 11 is 0. The number of hydrogen-bond acceptors (Lipinski definition) is 5. The molecular weight excluding hydrogens is 358 g/mol. The molecule has 1 aliphatic carbocycles. The van der Waals surface area contributed by atoms with Crippen LogP contribution in [-0.2, 0) is 0 Å². The Morgan fingerprint density at radius 1 is 1.29 bits per heavy atom. The van der Waals surface area contributed by atoms with Crippen LogP contribution in [0.3, 0.4) is 0 Å². The van der Waals surface area contributed by atoms with Crippen molar-refractivity contribution in [3.8, 4) is 5.75 Å². The summed E-state index contributed by atoms with van der Waals surface area (Å²) in [7, 11) is 1.59. The van der Waals surface area contributed by atoms with Gasteiger partial charge < -0.3 is 25.0 Å². The summed E-state index contributed by atoms with van der Waals surface area (Å²) in [5.74, 6) is -0.618. The van der Waals surface area contributed by atoms with E-state index >= 15 is 0 Å². The first-order valence-electron chi connectivity index (χ1n) is 9.80. The summed E-state index contributed by atoms with van der Waals surface area (Å²) in [5.41, 5.74) is 7.16. The normalized spacial score (nSPS) is 21.7. The molecule has 1 atom stereocenters. The zero-order valence-corrected chi connectivity index (χ0v) is 16.6. The zero-order chi connectivity index (χ0) is 20.2. The second-order valence-electron chi connectivity index (χ2n) is 8.47. The van der Waals surface area contributed by atoms with E-state index in [1.807, 2.05) is 10.6 Å². The average Bonchev–Trinajstić information content (AvgIpc) is 3.45. The van der Waals surface area contributed by atoms with E-state index in [-0.39, 0.29) is 23.3 Å². The molecule has 0 bridgehead atoms. The van der Waals surface area contributed by atoms with Gasteiger partial charge in [0, 0.05) is 17.8 Å². The van der Waals surface area contributed by atoms with Crippen LogP contribution in [-0.4, -0.2) is 34.5 Å². The van der Waals surface area contributed by atoms with E-state index in [0.29, 0.717) is 16.7 Å². The Kier molecular flexibility index (Phi) is 4.38. The first-order valence-corrected chi connectivity index (χ1v) is 9.80. The number of hydrogen-bond donors (Lipinski definition) is 2. The fourth-order valence-corrected chi connectivity index (χ4v) is 4.54. The van der Waals surface area contributed by atoms with Crippen molar-refractivity contribution in [2.45, 2.75) is 63.7 Å². The van der Waals surface area contributed by atoms with Gasteiger partial charge in [-0.25, -0.2) is 4.79 Å². The number of carboxylic acids is 1. The fourth-order valence-electron chi connectivity index (χ4n) is 4.54. The van der Waals surface area contributed by atoms with E-state index in [2.05, 4.69) is 18.7 Å². The third-order valence-electron chi connectivity index (χ3n) is 6.03. The molecule has 2 fully saturated rings. The summed E-state index contributed by atoms with van der Waals surface area (Å²) < 4.78 is 7.73. The smallest absolute Gasteiger partial charge is 0.341 e. The number of carbonyl (C=O) groups is 1. The topological polar surface area (TPSA) is 97.8 Å². The molecule has 1 aromatic carbocycles. The molecule has 2 aliphatic rings. The van der Waals surface area contributed by atoms with Gasteiger partial charge in [0.05, 0.1) is 29.9 Å². The van der Waals surface area contributed by atoms with Crippen molar-refractivity contribution in [2.24, 2.45) is 5.73 Å². The van der Waals surface area contributed by atoms with Crippen LogP contribution in [0, 0.1) is 0 Å². The molecule has 0 spiro atoms. The van der Waals surface area contributed by atoms with E-state index in [0.717, 1.165) is 37.8 Å².